The number of nitrogens with zero attached hydrogens (tertiary/aromatic N) is 2. The van der Waals surface area contributed by atoms with E-state index < -0.39 is 0 Å². The molecule has 1 aliphatic heterocycles. The van der Waals surface area contributed by atoms with E-state index in [2.05, 4.69) is 55.5 Å². The van der Waals surface area contributed by atoms with Crippen LogP contribution in [0.3, 0.4) is 0 Å². The predicted octanol–water partition coefficient (Wildman–Crippen LogP) is 8.26. The van der Waals surface area contributed by atoms with Gasteiger partial charge in [0.05, 0.1) is 16.8 Å². The van der Waals surface area contributed by atoms with Crippen LogP contribution >= 0.6 is 11.6 Å². The molecule has 2 atom stereocenters. The van der Waals surface area contributed by atoms with E-state index in [-0.39, 0.29) is 12.0 Å². The lowest BCUT2D eigenvalue weighted by atomic mass is 9.82. The Kier molecular flexibility index (Phi) is 5.27. The van der Waals surface area contributed by atoms with Crippen LogP contribution in [0.5, 0.6) is 0 Å². The summed E-state index contributed by atoms with van der Waals surface area (Å²) >= 11 is 6.60. The highest BCUT2D eigenvalue weighted by Gasteiger charge is 2.33. The third kappa shape index (κ3) is 3.44. The van der Waals surface area contributed by atoms with E-state index in [4.69, 9.17) is 26.0 Å². The van der Waals surface area contributed by atoms with Crippen molar-refractivity contribution in [1.82, 2.24) is 0 Å². The molecule has 2 heterocycles. The van der Waals surface area contributed by atoms with Crippen LogP contribution in [0.2, 0.25) is 5.02 Å². The van der Waals surface area contributed by atoms with Gasteiger partial charge in [0, 0.05) is 27.8 Å². The van der Waals surface area contributed by atoms with E-state index in [0.717, 1.165) is 45.5 Å². The lowest BCUT2D eigenvalue weighted by Crippen LogP contribution is -2.28. The quantitative estimate of drug-likeness (QED) is 0.265. The summed E-state index contributed by atoms with van der Waals surface area (Å²) in [6.45, 7) is 2.21. The van der Waals surface area contributed by atoms with Gasteiger partial charge in [-0.1, -0.05) is 103 Å². The van der Waals surface area contributed by atoms with E-state index in [9.17, 15) is 0 Å². The largest absolute Gasteiger partial charge is 0.454 e. The molecular formula is C30H23ClN2O. The fourth-order valence-electron chi connectivity index (χ4n) is 4.97. The van der Waals surface area contributed by atoms with Crippen LogP contribution in [-0.4, -0.2) is 11.5 Å². The van der Waals surface area contributed by atoms with Crippen LogP contribution in [0.4, 0.5) is 0 Å². The van der Waals surface area contributed by atoms with E-state index >= 15 is 0 Å². The van der Waals surface area contributed by atoms with Gasteiger partial charge in [-0.25, -0.2) is 4.99 Å². The molecule has 0 saturated carbocycles. The molecule has 4 heteroatoms. The van der Waals surface area contributed by atoms with Gasteiger partial charge in [-0.2, -0.15) is 0 Å². The summed E-state index contributed by atoms with van der Waals surface area (Å²) in [5, 5.41) is 2.67. The van der Waals surface area contributed by atoms with Crippen LogP contribution in [-0.2, 0) is 0 Å². The molecule has 5 aromatic rings. The smallest absolute Gasteiger partial charge is 0.155 e. The van der Waals surface area contributed by atoms with Crippen molar-refractivity contribution in [3.8, 4) is 0 Å². The number of aliphatic imine (C=N–C) groups is 2. The van der Waals surface area contributed by atoms with E-state index in [1.54, 1.807) is 0 Å². The summed E-state index contributed by atoms with van der Waals surface area (Å²) in [5.41, 5.74) is 5.82. The van der Waals surface area contributed by atoms with Crippen molar-refractivity contribution < 1.29 is 4.42 Å². The highest BCUT2D eigenvalue weighted by atomic mass is 35.5. The molecule has 0 saturated heterocycles. The van der Waals surface area contributed by atoms with Crippen molar-refractivity contribution in [1.29, 1.82) is 0 Å². The molecule has 0 bridgehead atoms. The number of amidine groups is 1. The molecule has 0 spiro atoms. The van der Waals surface area contributed by atoms with Crippen molar-refractivity contribution in [3.05, 3.63) is 119 Å². The van der Waals surface area contributed by atoms with Gasteiger partial charge in [-0.3, -0.25) is 4.99 Å². The van der Waals surface area contributed by atoms with E-state index in [1.807, 2.05) is 48.5 Å². The van der Waals surface area contributed by atoms with E-state index in [0.29, 0.717) is 10.6 Å². The summed E-state index contributed by atoms with van der Waals surface area (Å²) in [6.07, 6.45) is 0.907. The maximum Gasteiger partial charge on any atom is 0.155 e. The molecule has 34 heavy (non-hydrogen) atoms. The minimum absolute atomic E-state index is 0.0298. The molecule has 0 fully saturated rings. The van der Waals surface area contributed by atoms with Crippen LogP contribution in [0, 0.1) is 5.92 Å². The molecule has 0 radical (unpaired) electrons. The summed E-state index contributed by atoms with van der Waals surface area (Å²) in [4.78, 5) is 10.4. The molecule has 0 aliphatic carbocycles. The van der Waals surface area contributed by atoms with Crippen LogP contribution < -0.4 is 0 Å². The van der Waals surface area contributed by atoms with Crippen LogP contribution in [0.25, 0.3) is 21.9 Å². The second-order valence-corrected chi connectivity index (χ2v) is 8.99. The summed E-state index contributed by atoms with van der Waals surface area (Å²) in [7, 11) is 0. The van der Waals surface area contributed by atoms with Crippen LogP contribution in [0.1, 0.15) is 36.1 Å². The number of hydrogen-bond acceptors (Lipinski definition) is 3. The molecular weight excluding hydrogens is 440 g/mol. The predicted molar refractivity (Wildman–Crippen MR) is 141 cm³/mol. The monoisotopic (exact) mass is 462 g/mol. The van der Waals surface area contributed by atoms with Gasteiger partial charge in [0.25, 0.3) is 0 Å². The Morgan fingerprint density at radius 1 is 0.824 bits per heavy atom. The Bertz CT molecular complexity index is 1550. The third-order valence-corrected chi connectivity index (χ3v) is 6.88. The van der Waals surface area contributed by atoms with Crippen molar-refractivity contribution in [3.63, 3.8) is 0 Å². The number of benzene rings is 4. The first-order valence-corrected chi connectivity index (χ1v) is 12.0. The Morgan fingerprint density at radius 3 is 2.29 bits per heavy atom. The lowest BCUT2D eigenvalue weighted by molar-refractivity contribution is 0.533. The maximum atomic E-state index is 6.60. The fourth-order valence-corrected chi connectivity index (χ4v) is 5.16. The summed E-state index contributed by atoms with van der Waals surface area (Å²) < 4.78 is 6.19. The molecule has 1 aromatic heterocycles. The highest BCUT2D eigenvalue weighted by Crippen LogP contribution is 2.41. The average Bonchev–Trinajstić information content (AvgIpc) is 3.30. The van der Waals surface area contributed by atoms with Gasteiger partial charge < -0.3 is 4.42 Å². The van der Waals surface area contributed by atoms with Gasteiger partial charge in [0.2, 0.25) is 0 Å². The number of fused-ring (bicyclic) bond motifs is 3. The minimum atomic E-state index is -0.0298. The molecule has 2 unspecified atom stereocenters. The second kappa shape index (κ2) is 8.58. The standard InChI is InChI=1S/C30H23ClN2O/c1-2-21-27(19-11-5-3-6-12-19)32-30(20-13-7-4-8-14-20)33-28(21)23-17-18-24(31)29-26(23)22-15-9-10-16-25(22)34-29/h3-18,21,27H,2H2,1H3. The van der Waals surface area contributed by atoms with Crippen molar-refractivity contribution in [2.75, 3.05) is 0 Å². The average molecular weight is 463 g/mol. The summed E-state index contributed by atoms with van der Waals surface area (Å²) in [6, 6.07) is 32.8. The van der Waals surface area contributed by atoms with Gasteiger partial charge in [0.1, 0.15) is 5.58 Å². The molecule has 3 nitrogen and oxygen atoms in total. The number of halogens is 1. The number of furan rings is 1. The van der Waals surface area contributed by atoms with Crippen molar-refractivity contribution in [2.45, 2.75) is 19.4 Å². The number of hydrogen-bond donors (Lipinski definition) is 0. The number of para-hydroxylation sites is 1. The summed E-state index contributed by atoms with van der Waals surface area (Å²) in [5.74, 6) is 0.873. The Labute approximate surface area is 203 Å². The topological polar surface area (TPSA) is 37.9 Å². The number of rotatable bonds is 4. The zero-order chi connectivity index (χ0) is 23.1. The molecule has 0 amide bonds. The molecule has 4 aromatic carbocycles. The SMILES string of the molecule is CCC1C(c2ccc(Cl)c3oc4ccccc4c23)=NC(c2ccccc2)=NC1c1ccccc1. The molecule has 1 aliphatic rings. The first kappa shape index (κ1) is 20.9. The third-order valence-electron chi connectivity index (χ3n) is 6.59. The Morgan fingerprint density at radius 2 is 1.53 bits per heavy atom. The van der Waals surface area contributed by atoms with Gasteiger partial charge in [-0.05, 0) is 24.1 Å². The van der Waals surface area contributed by atoms with Crippen molar-refractivity contribution in [2.24, 2.45) is 15.9 Å². The molecule has 166 valence electrons. The first-order chi connectivity index (χ1) is 16.7. The molecule has 0 N–H and O–H groups in total. The minimum Gasteiger partial charge on any atom is -0.454 e. The lowest BCUT2D eigenvalue weighted by Gasteiger charge is -2.30. The Hall–Kier alpha value is -3.69. The molecule has 6 rings (SSSR count). The fraction of sp³-hybridized carbons (Fsp3) is 0.133. The normalized spacial score (nSPS) is 18.2. The van der Waals surface area contributed by atoms with Crippen LogP contribution in [0.15, 0.2) is 111 Å². The highest BCUT2D eigenvalue weighted by molar-refractivity contribution is 6.37. The zero-order valence-corrected chi connectivity index (χ0v) is 19.5. The second-order valence-electron chi connectivity index (χ2n) is 8.58. The van der Waals surface area contributed by atoms with Crippen molar-refractivity contribution >= 4 is 45.1 Å². The van der Waals surface area contributed by atoms with Gasteiger partial charge >= 0.3 is 0 Å². The first-order valence-electron chi connectivity index (χ1n) is 11.6. The Balaban J connectivity index is 1.63. The zero-order valence-electron chi connectivity index (χ0n) is 18.8. The maximum absolute atomic E-state index is 6.60. The van der Waals surface area contributed by atoms with E-state index in [1.165, 1.54) is 5.56 Å². The van der Waals surface area contributed by atoms with Gasteiger partial charge in [0.15, 0.2) is 11.4 Å². The van der Waals surface area contributed by atoms with Gasteiger partial charge in [-0.15, -0.1) is 0 Å².